The Labute approximate surface area is 183 Å². The number of allylic oxidation sites excluding steroid dienone is 1. The first kappa shape index (κ1) is 24.1. The van der Waals surface area contributed by atoms with Gasteiger partial charge in [0.1, 0.15) is 23.5 Å². The first-order valence-electron chi connectivity index (χ1n) is 10.6. The van der Waals surface area contributed by atoms with Crippen molar-refractivity contribution in [3.05, 3.63) is 41.0 Å². The monoisotopic (exact) mass is 427 g/mol. The van der Waals surface area contributed by atoms with Gasteiger partial charge in [-0.05, 0) is 70.2 Å². The number of unbranched alkanes of at least 4 members (excludes halogenated alkanes) is 1. The van der Waals surface area contributed by atoms with E-state index < -0.39 is 11.9 Å². The topological polar surface area (TPSA) is 103 Å². The van der Waals surface area contributed by atoms with Crippen LogP contribution < -0.4 is 4.74 Å². The number of esters is 3. The van der Waals surface area contributed by atoms with Gasteiger partial charge in [0.05, 0.1) is 18.1 Å². The molecule has 0 aliphatic heterocycles. The van der Waals surface area contributed by atoms with Crippen LogP contribution >= 0.6 is 0 Å². The van der Waals surface area contributed by atoms with Crippen molar-refractivity contribution in [3.63, 3.8) is 0 Å². The Morgan fingerprint density at radius 3 is 2.26 bits per heavy atom. The molecule has 2 rings (SSSR count). The number of hydrogen-bond acceptors (Lipinski definition) is 7. The zero-order chi connectivity index (χ0) is 22.8. The van der Waals surface area contributed by atoms with E-state index in [1.165, 1.54) is 0 Å². The molecule has 1 aliphatic rings. The Balaban J connectivity index is 1.81. The molecular formula is C24H29NO6. The SMILES string of the molecule is CCCCOC(=O)c1ccc(OC(=O)C2CCC(OC(=O)C(C#N)=C(C)C)CC2)cc1. The van der Waals surface area contributed by atoms with Crippen LogP contribution in [0.5, 0.6) is 5.75 Å². The molecule has 0 heterocycles. The summed E-state index contributed by atoms with van der Waals surface area (Å²) in [7, 11) is 0. The molecule has 31 heavy (non-hydrogen) atoms. The van der Waals surface area contributed by atoms with Crippen LogP contribution in [0.2, 0.25) is 0 Å². The molecule has 1 saturated carbocycles. The molecule has 1 aromatic rings. The smallest absolute Gasteiger partial charge is 0.349 e. The van der Waals surface area contributed by atoms with Gasteiger partial charge in [-0.25, -0.2) is 9.59 Å². The number of hydrogen-bond donors (Lipinski definition) is 0. The highest BCUT2D eigenvalue weighted by Gasteiger charge is 2.30. The molecule has 7 heteroatoms. The highest BCUT2D eigenvalue weighted by molar-refractivity contribution is 5.93. The van der Waals surface area contributed by atoms with Crippen molar-refractivity contribution in [1.82, 2.24) is 0 Å². The van der Waals surface area contributed by atoms with E-state index in [1.807, 2.05) is 13.0 Å². The van der Waals surface area contributed by atoms with Gasteiger partial charge >= 0.3 is 17.9 Å². The lowest BCUT2D eigenvalue weighted by Gasteiger charge is -2.27. The average Bonchev–Trinajstić information content (AvgIpc) is 2.75. The Morgan fingerprint density at radius 1 is 1.06 bits per heavy atom. The van der Waals surface area contributed by atoms with Gasteiger partial charge in [0.2, 0.25) is 0 Å². The molecule has 0 bridgehead atoms. The highest BCUT2D eigenvalue weighted by atomic mass is 16.5. The van der Waals surface area contributed by atoms with Gasteiger partial charge in [0.25, 0.3) is 0 Å². The number of benzene rings is 1. The van der Waals surface area contributed by atoms with Crippen molar-refractivity contribution < 1.29 is 28.6 Å². The van der Waals surface area contributed by atoms with Crippen molar-refractivity contribution in [2.75, 3.05) is 6.61 Å². The second-order valence-electron chi connectivity index (χ2n) is 7.80. The molecule has 0 radical (unpaired) electrons. The maximum atomic E-state index is 12.5. The van der Waals surface area contributed by atoms with Crippen LogP contribution in [0, 0.1) is 17.2 Å². The molecule has 1 aliphatic carbocycles. The molecule has 0 amide bonds. The number of carbonyl (C=O) groups excluding carboxylic acids is 3. The zero-order valence-corrected chi connectivity index (χ0v) is 18.3. The van der Waals surface area contributed by atoms with E-state index in [-0.39, 0.29) is 23.6 Å². The first-order chi connectivity index (χ1) is 14.8. The van der Waals surface area contributed by atoms with Gasteiger partial charge in [-0.2, -0.15) is 5.26 Å². The molecular weight excluding hydrogens is 398 g/mol. The number of carbonyl (C=O) groups is 3. The molecule has 0 N–H and O–H groups in total. The Hall–Kier alpha value is -3.14. The van der Waals surface area contributed by atoms with E-state index in [2.05, 4.69) is 0 Å². The summed E-state index contributed by atoms with van der Waals surface area (Å²) in [6.07, 6.45) is 3.60. The Morgan fingerprint density at radius 2 is 1.71 bits per heavy atom. The zero-order valence-electron chi connectivity index (χ0n) is 18.3. The van der Waals surface area contributed by atoms with E-state index in [9.17, 15) is 14.4 Å². The largest absolute Gasteiger partial charge is 0.462 e. The van der Waals surface area contributed by atoms with Crippen LogP contribution in [0.25, 0.3) is 0 Å². The predicted octanol–water partition coefficient (Wildman–Crippen LogP) is 4.51. The molecule has 0 unspecified atom stereocenters. The third-order valence-electron chi connectivity index (χ3n) is 5.14. The predicted molar refractivity (Wildman–Crippen MR) is 113 cm³/mol. The fourth-order valence-electron chi connectivity index (χ4n) is 3.24. The Bertz CT molecular complexity index is 853. The number of nitrogens with zero attached hydrogens (tertiary/aromatic N) is 1. The summed E-state index contributed by atoms with van der Waals surface area (Å²) in [5.41, 5.74) is 1.05. The second-order valence-corrected chi connectivity index (χ2v) is 7.80. The number of nitriles is 1. The first-order valence-corrected chi connectivity index (χ1v) is 10.6. The van der Waals surface area contributed by atoms with E-state index in [4.69, 9.17) is 19.5 Å². The van der Waals surface area contributed by atoms with Gasteiger partial charge in [-0.15, -0.1) is 0 Å². The van der Waals surface area contributed by atoms with Gasteiger partial charge in [-0.3, -0.25) is 4.79 Å². The number of ether oxygens (including phenoxy) is 3. The van der Waals surface area contributed by atoms with Crippen LogP contribution in [0.15, 0.2) is 35.4 Å². The van der Waals surface area contributed by atoms with Gasteiger partial charge in [0.15, 0.2) is 0 Å². The van der Waals surface area contributed by atoms with Crippen LogP contribution in [0.3, 0.4) is 0 Å². The molecule has 0 spiro atoms. The third-order valence-corrected chi connectivity index (χ3v) is 5.14. The van der Waals surface area contributed by atoms with E-state index in [0.29, 0.717) is 49.2 Å². The van der Waals surface area contributed by atoms with Crippen molar-refractivity contribution in [2.45, 2.75) is 65.4 Å². The maximum Gasteiger partial charge on any atom is 0.349 e. The minimum Gasteiger partial charge on any atom is -0.462 e. The summed E-state index contributed by atoms with van der Waals surface area (Å²) in [6, 6.07) is 8.16. The molecule has 0 saturated heterocycles. The number of rotatable bonds is 8. The molecule has 7 nitrogen and oxygen atoms in total. The molecule has 1 fully saturated rings. The summed E-state index contributed by atoms with van der Waals surface area (Å²) >= 11 is 0. The van der Waals surface area contributed by atoms with Crippen molar-refractivity contribution in [1.29, 1.82) is 5.26 Å². The summed E-state index contributed by atoms with van der Waals surface area (Å²) < 4.78 is 16.0. The summed E-state index contributed by atoms with van der Waals surface area (Å²) in [5.74, 6) is -1.27. The third kappa shape index (κ3) is 7.25. The average molecular weight is 427 g/mol. The minimum absolute atomic E-state index is 0.0271. The fourth-order valence-corrected chi connectivity index (χ4v) is 3.24. The van der Waals surface area contributed by atoms with E-state index in [0.717, 1.165) is 12.8 Å². The van der Waals surface area contributed by atoms with Crippen LogP contribution in [-0.4, -0.2) is 30.6 Å². The van der Waals surface area contributed by atoms with E-state index >= 15 is 0 Å². The van der Waals surface area contributed by atoms with Crippen molar-refractivity contribution in [3.8, 4) is 11.8 Å². The lowest BCUT2D eigenvalue weighted by Crippen LogP contribution is -2.30. The highest BCUT2D eigenvalue weighted by Crippen LogP contribution is 2.28. The van der Waals surface area contributed by atoms with Crippen LogP contribution in [0.1, 0.15) is 69.7 Å². The maximum absolute atomic E-state index is 12.5. The molecule has 0 aromatic heterocycles. The quantitative estimate of drug-likeness (QED) is 0.198. The van der Waals surface area contributed by atoms with Crippen LogP contribution in [-0.2, 0) is 19.1 Å². The molecule has 0 atom stereocenters. The van der Waals surface area contributed by atoms with Gasteiger partial charge in [-0.1, -0.05) is 18.9 Å². The van der Waals surface area contributed by atoms with Gasteiger partial charge in [0, 0.05) is 0 Å². The summed E-state index contributed by atoms with van der Waals surface area (Å²) in [5, 5.41) is 9.05. The van der Waals surface area contributed by atoms with Gasteiger partial charge < -0.3 is 14.2 Å². The molecule has 166 valence electrons. The minimum atomic E-state index is -0.609. The van der Waals surface area contributed by atoms with Crippen molar-refractivity contribution in [2.24, 2.45) is 5.92 Å². The summed E-state index contributed by atoms with van der Waals surface area (Å²) in [4.78, 5) is 36.4. The fraction of sp³-hybridized carbons (Fsp3) is 0.500. The Kier molecular flexibility index (Phi) is 9.26. The normalized spacial score (nSPS) is 17.7. The standard InChI is InChI=1S/C24H29NO6/c1-4-5-14-29-22(26)17-6-10-19(11-7-17)30-23(27)18-8-12-20(13-9-18)31-24(28)21(15-25)16(2)3/h6-7,10-11,18,20H,4-5,8-9,12-14H2,1-3H3. The van der Waals surface area contributed by atoms with E-state index in [1.54, 1.807) is 38.1 Å². The summed E-state index contributed by atoms with van der Waals surface area (Å²) in [6.45, 7) is 5.78. The lowest BCUT2D eigenvalue weighted by molar-refractivity contribution is -0.147. The second kappa shape index (κ2) is 11.9. The lowest BCUT2D eigenvalue weighted by atomic mass is 9.87. The van der Waals surface area contributed by atoms with Crippen LogP contribution in [0.4, 0.5) is 0 Å². The molecule has 1 aromatic carbocycles. The van der Waals surface area contributed by atoms with Crippen molar-refractivity contribution >= 4 is 17.9 Å².